The molecular formula is C19H20O3. The third-order valence-corrected chi connectivity index (χ3v) is 3.35. The highest BCUT2D eigenvalue weighted by atomic mass is 16.5. The summed E-state index contributed by atoms with van der Waals surface area (Å²) in [7, 11) is 1.66. The van der Waals surface area contributed by atoms with Gasteiger partial charge in [-0.2, -0.15) is 0 Å². The SMILES string of the molecule is CCOC(=O)c1ccc(C=C(C)c2ccc(OC)cc2)cc1. The summed E-state index contributed by atoms with van der Waals surface area (Å²) in [5.74, 6) is 0.556. The van der Waals surface area contributed by atoms with Gasteiger partial charge in [-0.1, -0.05) is 30.3 Å². The fourth-order valence-electron chi connectivity index (χ4n) is 2.12. The molecule has 0 bridgehead atoms. The third kappa shape index (κ3) is 3.98. The summed E-state index contributed by atoms with van der Waals surface area (Å²) in [5.41, 5.74) is 3.89. The molecule has 0 saturated carbocycles. The van der Waals surface area contributed by atoms with Crippen molar-refractivity contribution in [2.45, 2.75) is 13.8 Å². The minimum Gasteiger partial charge on any atom is -0.497 e. The first-order valence-corrected chi connectivity index (χ1v) is 7.24. The molecular weight excluding hydrogens is 276 g/mol. The topological polar surface area (TPSA) is 35.5 Å². The third-order valence-electron chi connectivity index (χ3n) is 3.35. The summed E-state index contributed by atoms with van der Waals surface area (Å²) < 4.78 is 10.1. The molecule has 0 aliphatic rings. The second kappa shape index (κ2) is 7.46. The van der Waals surface area contributed by atoms with Gasteiger partial charge in [-0.15, -0.1) is 0 Å². The number of carbonyl (C=O) groups excluding carboxylic acids is 1. The molecule has 114 valence electrons. The van der Waals surface area contributed by atoms with E-state index in [1.54, 1.807) is 26.2 Å². The minimum atomic E-state index is -0.287. The second-order valence-electron chi connectivity index (χ2n) is 4.90. The summed E-state index contributed by atoms with van der Waals surface area (Å²) in [6.45, 7) is 4.24. The molecule has 0 aliphatic heterocycles. The Morgan fingerprint density at radius 3 is 2.14 bits per heavy atom. The monoisotopic (exact) mass is 296 g/mol. The van der Waals surface area contributed by atoms with Crippen molar-refractivity contribution in [1.29, 1.82) is 0 Å². The van der Waals surface area contributed by atoms with Gasteiger partial charge in [0.1, 0.15) is 5.75 Å². The Bertz CT molecular complexity index is 652. The number of carbonyl (C=O) groups is 1. The maximum atomic E-state index is 11.6. The lowest BCUT2D eigenvalue weighted by molar-refractivity contribution is 0.0526. The fraction of sp³-hybridized carbons (Fsp3) is 0.211. The minimum absolute atomic E-state index is 0.287. The maximum Gasteiger partial charge on any atom is 0.338 e. The van der Waals surface area contributed by atoms with E-state index in [4.69, 9.17) is 9.47 Å². The van der Waals surface area contributed by atoms with E-state index < -0.39 is 0 Å². The lowest BCUT2D eigenvalue weighted by atomic mass is 10.0. The summed E-state index contributed by atoms with van der Waals surface area (Å²) >= 11 is 0. The van der Waals surface area contributed by atoms with Gasteiger partial charge in [-0.25, -0.2) is 4.79 Å². The van der Waals surface area contributed by atoms with Crippen molar-refractivity contribution < 1.29 is 14.3 Å². The molecule has 2 rings (SSSR count). The standard InChI is InChI=1S/C19H20O3/c1-4-22-19(20)17-7-5-15(6-8-17)13-14(2)16-9-11-18(21-3)12-10-16/h5-13H,4H2,1-3H3. The Kier molecular flexibility index (Phi) is 5.37. The van der Waals surface area contributed by atoms with Crippen molar-refractivity contribution in [2.24, 2.45) is 0 Å². The van der Waals surface area contributed by atoms with E-state index in [1.165, 1.54) is 0 Å². The molecule has 0 atom stereocenters. The Balaban J connectivity index is 2.15. The molecule has 0 fully saturated rings. The van der Waals surface area contributed by atoms with Gasteiger partial charge in [0.15, 0.2) is 0 Å². The van der Waals surface area contributed by atoms with Crippen LogP contribution < -0.4 is 4.74 Å². The molecule has 2 aromatic carbocycles. The molecule has 0 amide bonds. The van der Waals surface area contributed by atoms with Crippen LogP contribution in [0.25, 0.3) is 11.6 Å². The first kappa shape index (κ1) is 15.8. The number of ether oxygens (including phenoxy) is 2. The fourth-order valence-corrected chi connectivity index (χ4v) is 2.12. The van der Waals surface area contributed by atoms with Crippen molar-refractivity contribution >= 4 is 17.6 Å². The summed E-state index contributed by atoms with van der Waals surface area (Å²) in [6, 6.07) is 15.3. The Morgan fingerprint density at radius 2 is 1.59 bits per heavy atom. The van der Waals surface area contributed by atoms with Crippen molar-refractivity contribution in [3.8, 4) is 5.75 Å². The molecule has 0 aliphatic carbocycles. The van der Waals surface area contributed by atoms with Crippen LogP contribution in [-0.2, 0) is 4.74 Å². The molecule has 0 N–H and O–H groups in total. The zero-order valence-corrected chi connectivity index (χ0v) is 13.1. The van der Waals surface area contributed by atoms with Gasteiger partial charge in [-0.3, -0.25) is 0 Å². The summed E-state index contributed by atoms with van der Waals surface area (Å²) in [5, 5.41) is 0. The van der Waals surface area contributed by atoms with Crippen molar-refractivity contribution in [1.82, 2.24) is 0 Å². The van der Waals surface area contributed by atoms with E-state index >= 15 is 0 Å². The lowest BCUT2D eigenvalue weighted by Crippen LogP contribution is -2.03. The lowest BCUT2D eigenvalue weighted by Gasteiger charge is -2.05. The van der Waals surface area contributed by atoms with Crippen LogP contribution in [0.5, 0.6) is 5.75 Å². The Labute approximate surface area is 131 Å². The molecule has 0 saturated heterocycles. The second-order valence-corrected chi connectivity index (χ2v) is 4.90. The van der Waals surface area contributed by atoms with E-state index in [2.05, 4.69) is 13.0 Å². The maximum absolute atomic E-state index is 11.6. The van der Waals surface area contributed by atoms with Crippen LogP contribution >= 0.6 is 0 Å². The number of hydrogen-bond donors (Lipinski definition) is 0. The highest BCUT2D eigenvalue weighted by Gasteiger charge is 2.05. The van der Waals surface area contributed by atoms with Crippen LogP contribution in [0.15, 0.2) is 48.5 Å². The molecule has 0 aromatic heterocycles. The molecule has 3 heteroatoms. The predicted octanol–water partition coefficient (Wildman–Crippen LogP) is 4.43. The predicted molar refractivity (Wildman–Crippen MR) is 88.9 cm³/mol. The quantitative estimate of drug-likeness (QED) is 0.604. The van der Waals surface area contributed by atoms with Crippen molar-refractivity contribution in [3.05, 3.63) is 65.2 Å². The Morgan fingerprint density at radius 1 is 1.00 bits per heavy atom. The molecule has 22 heavy (non-hydrogen) atoms. The molecule has 2 aromatic rings. The molecule has 3 nitrogen and oxygen atoms in total. The highest BCUT2D eigenvalue weighted by Crippen LogP contribution is 2.21. The van der Waals surface area contributed by atoms with E-state index in [0.29, 0.717) is 12.2 Å². The smallest absolute Gasteiger partial charge is 0.338 e. The van der Waals surface area contributed by atoms with Crippen molar-refractivity contribution in [2.75, 3.05) is 13.7 Å². The van der Waals surface area contributed by atoms with Gasteiger partial charge in [0.05, 0.1) is 19.3 Å². The van der Waals surface area contributed by atoms with E-state index in [1.807, 2.05) is 36.4 Å². The zero-order valence-electron chi connectivity index (χ0n) is 13.1. The van der Waals surface area contributed by atoms with E-state index in [9.17, 15) is 4.79 Å². The Hall–Kier alpha value is -2.55. The number of esters is 1. The summed E-state index contributed by atoms with van der Waals surface area (Å²) in [4.78, 5) is 11.6. The van der Waals surface area contributed by atoms with E-state index in [0.717, 1.165) is 22.4 Å². The van der Waals surface area contributed by atoms with Gasteiger partial charge in [0.2, 0.25) is 0 Å². The average Bonchev–Trinajstić information content (AvgIpc) is 2.55. The largest absolute Gasteiger partial charge is 0.497 e. The van der Waals surface area contributed by atoms with Gasteiger partial charge >= 0.3 is 5.97 Å². The van der Waals surface area contributed by atoms with Crippen LogP contribution in [0.4, 0.5) is 0 Å². The average molecular weight is 296 g/mol. The number of rotatable bonds is 5. The van der Waals surface area contributed by atoms with Crippen LogP contribution in [0.3, 0.4) is 0 Å². The van der Waals surface area contributed by atoms with Crippen LogP contribution in [-0.4, -0.2) is 19.7 Å². The normalized spacial score (nSPS) is 11.1. The van der Waals surface area contributed by atoms with Gasteiger partial charge in [0.25, 0.3) is 0 Å². The summed E-state index contributed by atoms with van der Waals surface area (Å²) in [6.07, 6.45) is 2.08. The van der Waals surface area contributed by atoms with Gasteiger partial charge in [-0.05, 0) is 54.8 Å². The first-order valence-electron chi connectivity index (χ1n) is 7.24. The highest BCUT2D eigenvalue weighted by molar-refractivity contribution is 5.90. The molecule has 0 heterocycles. The molecule has 0 radical (unpaired) electrons. The first-order chi connectivity index (χ1) is 10.6. The van der Waals surface area contributed by atoms with Crippen LogP contribution in [0, 0.1) is 0 Å². The number of methoxy groups -OCH3 is 1. The molecule has 0 unspecified atom stereocenters. The van der Waals surface area contributed by atoms with Crippen LogP contribution in [0.2, 0.25) is 0 Å². The number of allylic oxidation sites excluding steroid dienone is 1. The van der Waals surface area contributed by atoms with Gasteiger partial charge < -0.3 is 9.47 Å². The molecule has 0 spiro atoms. The van der Waals surface area contributed by atoms with E-state index in [-0.39, 0.29) is 5.97 Å². The van der Waals surface area contributed by atoms with Crippen LogP contribution in [0.1, 0.15) is 35.3 Å². The van der Waals surface area contributed by atoms with Gasteiger partial charge in [0, 0.05) is 0 Å². The number of hydrogen-bond acceptors (Lipinski definition) is 3. The number of benzene rings is 2. The van der Waals surface area contributed by atoms with Crippen molar-refractivity contribution in [3.63, 3.8) is 0 Å². The zero-order chi connectivity index (χ0) is 15.9.